The third kappa shape index (κ3) is 1.41. The fourth-order valence-electron chi connectivity index (χ4n) is 0.921. The highest BCUT2D eigenvalue weighted by molar-refractivity contribution is 5.42. The number of nitroso groups, excluding NO2 is 1. The number of aryl methyl sites for hydroxylation is 2. The molecule has 1 radical (unpaired) electrons. The molecule has 0 atom stereocenters. The minimum absolute atomic E-state index is 0.480. The molecule has 0 spiro atoms. The molecule has 0 aromatic heterocycles. The molecule has 0 fully saturated rings. The Kier molecular flexibility index (Phi) is 1.81. The molecule has 0 saturated carbocycles. The van der Waals surface area contributed by atoms with Gasteiger partial charge in [-0.3, -0.25) is 0 Å². The lowest BCUT2D eigenvalue weighted by Crippen LogP contribution is -1.75. The van der Waals surface area contributed by atoms with Gasteiger partial charge in [0.15, 0.2) is 0 Å². The van der Waals surface area contributed by atoms with Gasteiger partial charge >= 0.3 is 0 Å². The highest BCUT2D eigenvalue weighted by atomic mass is 16.3. The molecule has 1 aromatic rings. The van der Waals surface area contributed by atoms with Gasteiger partial charge in [0, 0.05) is 0 Å². The molecule has 1 aromatic carbocycles. The van der Waals surface area contributed by atoms with Crippen molar-refractivity contribution in [2.24, 2.45) is 5.18 Å². The molecule has 0 heterocycles. The monoisotopic (exact) mass is 134 g/mol. The van der Waals surface area contributed by atoms with Crippen LogP contribution in [0.15, 0.2) is 17.3 Å². The maximum atomic E-state index is 10.0. The molecule has 0 aliphatic carbocycles. The molecule has 10 heavy (non-hydrogen) atoms. The molecule has 0 unspecified atom stereocenters. The zero-order valence-electron chi connectivity index (χ0n) is 6.01. The first-order valence-corrected chi connectivity index (χ1v) is 3.06. The molecule has 0 saturated heterocycles. The van der Waals surface area contributed by atoms with Crippen LogP contribution in [0.3, 0.4) is 0 Å². The van der Waals surface area contributed by atoms with Crippen molar-refractivity contribution in [3.63, 3.8) is 0 Å². The summed E-state index contributed by atoms with van der Waals surface area (Å²) in [6.45, 7) is 3.78. The number of nitrogens with zero attached hydrogens (tertiary/aromatic N) is 1. The molecule has 0 N–H and O–H groups in total. The van der Waals surface area contributed by atoms with E-state index < -0.39 is 0 Å². The van der Waals surface area contributed by atoms with Gasteiger partial charge in [-0.2, -0.15) is 0 Å². The lowest BCUT2D eigenvalue weighted by molar-refractivity contribution is 1.34. The van der Waals surface area contributed by atoms with Crippen LogP contribution in [-0.2, 0) is 0 Å². The van der Waals surface area contributed by atoms with E-state index in [1.165, 1.54) is 0 Å². The van der Waals surface area contributed by atoms with E-state index in [0.717, 1.165) is 11.1 Å². The fraction of sp³-hybridized carbons (Fsp3) is 0.250. The van der Waals surface area contributed by atoms with Crippen molar-refractivity contribution in [1.82, 2.24) is 0 Å². The molecule has 51 valence electrons. The molecule has 2 heteroatoms. The Balaban J connectivity index is 3.18. The van der Waals surface area contributed by atoms with Crippen LogP contribution in [0.1, 0.15) is 11.1 Å². The predicted octanol–water partition coefficient (Wildman–Crippen LogP) is 2.50. The molecule has 0 aliphatic rings. The van der Waals surface area contributed by atoms with Gasteiger partial charge in [-0.15, -0.1) is 4.91 Å². The normalized spacial score (nSPS) is 9.40. The maximum Gasteiger partial charge on any atom is 0.108 e. The van der Waals surface area contributed by atoms with Gasteiger partial charge in [-0.1, -0.05) is 0 Å². The summed E-state index contributed by atoms with van der Waals surface area (Å²) < 4.78 is 0. The minimum Gasteiger partial charge on any atom is -0.145 e. The van der Waals surface area contributed by atoms with E-state index in [9.17, 15) is 4.91 Å². The van der Waals surface area contributed by atoms with E-state index in [4.69, 9.17) is 0 Å². The largest absolute Gasteiger partial charge is 0.145 e. The molecular formula is C8H8NO. The van der Waals surface area contributed by atoms with Crippen molar-refractivity contribution in [3.8, 4) is 0 Å². The lowest BCUT2D eigenvalue weighted by atomic mass is 10.1. The predicted molar refractivity (Wildman–Crippen MR) is 40.2 cm³/mol. The highest BCUT2D eigenvalue weighted by Crippen LogP contribution is 2.15. The molecule has 0 bridgehead atoms. The first kappa shape index (κ1) is 6.93. The van der Waals surface area contributed by atoms with Crippen LogP contribution < -0.4 is 0 Å². The SMILES string of the molecule is Cc1[c]c(C)cc(N=O)c1. The smallest absolute Gasteiger partial charge is 0.108 e. The zero-order chi connectivity index (χ0) is 7.56. The van der Waals surface area contributed by atoms with Gasteiger partial charge in [-0.25, -0.2) is 0 Å². The van der Waals surface area contributed by atoms with Crippen molar-refractivity contribution in [2.45, 2.75) is 13.8 Å². The van der Waals surface area contributed by atoms with Gasteiger partial charge in [0.05, 0.1) is 0 Å². The molecule has 1 rings (SSSR count). The van der Waals surface area contributed by atoms with Crippen LogP contribution in [0.25, 0.3) is 0 Å². The Bertz CT molecular complexity index is 235. The summed E-state index contributed by atoms with van der Waals surface area (Å²) in [5.74, 6) is 0. The van der Waals surface area contributed by atoms with E-state index in [1.807, 2.05) is 13.8 Å². The van der Waals surface area contributed by atoms with Crippen LogP contribution in [0.5, 0.6) is 0 Å². The van der Waals surface area contributed by atoms with Gasteiger partial charge < -0.3 is 0 Å². The zero-order valence-corrected chi connectivity index (χ0v) is 6.01. The number of hydrogen-bond donors (Lipinski definition) is 0. The third-order valence-electron chi connectivity index (χ3n) is 1.23. The second kappa shape index (κ2) is 2.60. The van der Waals surface area contributed by atoms with Crippen LogP contribution in [0.2, 0.25) is 0 Å². The molecule has 0 aliphatic heterocycles. The lowest BCUT2D eigenvalue weighted by Gasteiger charge is -1.94. The summed E-state index contributed by atoms with van der Waals surface area (Å²) in [7, 11) is 0. The Morgan fingerprint density at radius 2 is 1.80 bits per heavy atom. The fourth-order valence-corrected chi connectivity index (χ4v) is 0.921. The quantitative estimate of drug-likeness (QED) is 0.542. The van der Waals surface area contributed by atoms with Crippen LogP contribution in [-0.4, -0.2) is 0 Å². The van der Waals surface area contributed by atoms with Gasteiger partial charge in [-0.05, 0) is 48.4 Å². The molecule has 2 nitrogen and oxygen atoms in total. The molecular weight excluding hydrogens is 126 g/mol. The van der Waals surface area contributed by atoms with Crippen molar-refractivity contribution >= 4 is 5.69 Å². The second-order valence-electron chi connectivity index (χ2n) is 2.30. The standard InChI is InChI=1S/C8H8NO/c1-6-3-7(2)5-8(4-6)9-10/h4-5H,1-2H3. The Morgan fingerprint density at radius 1 is 1.30 bits per heavy atom. The summed E-state index contributed by atoms with van der Waals surface area (Å²) in [6.07, 6.45) is 0. The summed E-state index contributed by atoms with van der Waals surface area (Å²) in [6, 6.07) is 6.46. The minimum atomic E-state index is 0.480. The summed E-state index contributed by atoms with van der Waals surface area (Å²) in [4.78, 5) is 10.0. The molecule has 0 amide bonds. The van der Waals surface area contributed by atoms with E-state index >= 15 is 0 Å². The third-order valence-corrected chi connectivity index (χ3v) is 1.23. The van der Waals surface area contributed by atoms with Crippen molar-refractivity contribution < 1.29 is 0 Å². The van der Waals surface area contributed by atoms with Crippen molar-refractivity contribution in [3.05, 3.63) is 34.2 Å². The van der Waals surface area contributed by atoms with E-state index in [-0.39, 0.29) is 0 Å². The van der Waals surface area contributed by atoms with E-state index in [2.05, 4.69) is 11.2 Å². The van der Waals surface area contributed by atoms with Gasteiger partial charge in [0.2, 0.25) is 0 Å². The van der Waals surface area contributed by atoms with Crippen LogP contribution in [0.4, 0.5) is 5.69 Å². The summed E-state index contributed by atoms with van der Waals surface area (Å²) in [5, 5.41) is 2.82. The first-order valence-electron chi connectivity index (χ1n) is 3.06. The number of hydrogen-bond acceptors (Lipinski definition) is 2. The summed E-state index contributed by atoms with van der Waals surface area (Å²) >= 11 is 0. The van der Waals surface area contributed by atoms with Crippen molar-refractivity contribution in [1.29, 1.82) is 0 Å². The second-order valence-corrected chi connectivity index (χ2v) is 2.30. The van der Waals surface area contributed by atoms with Crippen LogP contribution in [0, 0.1) is 24.8 Å². The van der Waals surface area contributed by atoms with Gasteiger partial charge in [0.25, 0.3) is 0 Å². The van der Waals surface area contributed by atoms with Crippen LogP contribution >= 0.6 is 0 Å². The Morgan fingerprint density at radius 3 is 2.20 bits per heavy atom. The number of benzene rings is 1. The summed E-state index contributed by atoms with van der Waals surface area (Å²) in [5.41, 5.74) is 2.39. The topological polar surface area (TPSA) is 29.4 Å². The Hall–Kier alpha value is -1.18. The van der Waals surface area contributed by atoms with E-state index in [1.54, 1.807) is 12.1 Å². The first-order chi connectivity index (χ1) is 4.72. The average molecular weight is 134 g/mol. The average Bonchev–Trinajstić information content (AvgIpc) is 1.85. The van der Waals surface area contributed by atoms with E-state index in [0.29, 0.717) is 5.69 Å². The Labute approximate surface area is 59.9 Å². The highest BCUT2D eigenvalue weighted by Gasteiger charge is 1.93. The van der Waals surface area contributed by atoms with Crippen molar-refractivity contribution in [2.75, 3.05) is 0 Å². The maximum absolute atomic E-state index is 10.0. The number of rotatable bonds is 1. The van der Waals surface area contributed by atoms with Gasteiger partial charge in [0.1, 0.15) is 5.69 Å².